The minimum atomic E-state index is -0.427. The molecule has 136 valence electrons. The number of anilines is 1. The summed E-state index contributed by atoms with van der Waals surface area (Å²) in [5.41, 5.74) is 1.17. The van der Waals surface area contributed by atoms with Crippen molar-refractivity contribution in [1.82, 2.24) is 14.5 Å². The molecule has 0 unspecified atom stereocenters. The lowest BCUT2D eigenvalue weighted by atomic mass is 10.2. The van der Waals surface area contributed by atoms with Crippen molar-refractivity contribution in [1.29, 1.82) is 0 Å². The average Bonchev–Trinajstić information content (AvgIpc) is 3.34. The van der Waals surface area contributed by atoms with Crippen molar-refractivity contribution >= 4 is 32.6 Å². The molecular weight excluding hydrogens is 363 g/mol. The lowest BCUT2D eigenvalue weighted by Gasteiger charge is -2.20. The van der Waals surface area contributed by atoms with Crippen LogP contribution < -0.4 is 4.90 Å². The van der Waals surface area contributed by atoms with Crippen LogP contribution in [0.2, 0.25) is 0 Å². The number of carbonyl (C=O) groups excluding carboxylic acids is 1. The molecule has 0 atom stereocenters. The number of imidazole rings is 1. The van der Waals surface area contributed by atoms with Gasteiger partial charge in [0.1, 0.15) is 5.82 Å². The molecule has 2 aromatic heterocycles. The number of aromatic nitrogens is 3. The number of para-hydroxylation sites is 1. The van der Waals surface area contributed by atoms with E-state index >= 15 is 0 Å². The first-order valence-corrected chi connectivity index (χ1v) is 9.41. The lowest BCUT2D eigenvalue weighted by Crippen LogP contribution is -2.32. The van der Waals surface area contributed by atoms with Gasteiger partial charge in [-0.1, -0.05) is 29.5 Å². The van der Waals surface area contributed by atoms with Crippen molar-refractivity contribution in [3.63, 3.8) is 0 Å². The van der Waals surface area contributed by atoms with Crippen molar-refractivity contribution in [2.75, 3.05) is 11.4 Å². The van der Waals surface area contributed by atoms with Gasteiger partial charge in [0.25, 0.3) is 5.91 Å². The van der Waals surface area contributed by atoms with E-state index in [0.717, 1.165) is 23.2 Å². The second-order valence-corrected chi connectivity index (χ2v) is 7.09. The number of nitrogens with zero attached hydrogens (tertiary/aromatic N) is 4. The maximum atomic E-state index is 13.6. The number of fused-ring (bicyclic) bond motifs is 1. The van der Waals surface area contributed by atoms with Crippen LogP contribution in [0.1, 0.15) is 16.8 Å². The van der Waals surface area contributed by atoms with Crippen LogP contribution in [0.15, 0.2) is 67.3 Å². The second kappa shape index (κ2) is 7.67. The molecule has 1 amide bonds. The minimum absolute atomic E-state index is 0.251. The number of benzene rings is 2. The third-order valence-electron chi connectivity index (χ3n) is 4.19. The Morgan fingerprint density at radius 1 is 1.19 bits per heavy atom. The molecule has 4 rings (SSSR count). The van der Waals surface area contributed by atoms with Gasteiger partial charge in [0.05, 0.1) is 16.5 Å². The zero-order valence-corrected chi connectivity index (χ0v) is 15.3. The van der Waals surface area contributed by atoms with Crippen molar-refractivity contribution < 1.29 is 9.18 Å². The Hall–Kier alpha value is -3.06. The quantitative estimate of drug-likeness (QED) is 0.499. The van der Waals surface area contributed by atoms with Gasteiger partial charge in [-0.3, -0.25) is 9.69 Å². The molecule has 0 radical (unpaired) electrons. The van der Waals surface area contributed by atoms with Crippen LogP contribution in [0.4, 0.5) is 9.52 Å². The van der Waals surface area contributed by atoms with E-state index in [4.69, 9.17) is 0 Å². The van der Waals surface area contributed by atoms with Crippen molar-refractivity contribution in [2.24, 2.45) is 0 Å². The van der Waals surface area contributed by atoms with E-state index in [2.05, 4.69) is 9.97 Å². The normalized spacial score (nSPS) is 11.0. The molecule has 2 heterocycles. The first kappa shape index (κ1) is 17.4. The molecular formula is C20H17FN4OS. The van der Waals surface area contributed by atoms with Crippen LogP contribution in [0, 0.1) is 5.82 Å². The highest BCUT2D eigenvalue weighted by molar-refractivity contribution is 7.22. The van der Waals surface area contributed by atoms with E-state index in [1.165, 1.54) is 23.5 Å². The van der Waals surface area contributed by atoms with Gasteiger partial charge < -0.3 is 4.57 Å². The third-order valence-corrected chi connectivity index (χ3v) is 5.25. The molecule has 27 heavy (non-hydrogen) atoms. The van der Waals surface area contributed by atoms with Gasteiger partial charge >= 0.3 is 0 Å². The summed E-state index contributed by atoms with van der Waals surface area (Å²) in [7, 11) is 0. The van der Waals surface area contributed by atoms with E-state index in [-0.39, 0.29) is 5.91 Å². The standard InChI is InChI=1S/C20H17FN4OS/c21-16-6-3-5-15(13-16)19(26)25(11-4-10-24-12-9-22-14-24)20-23-17-7-1-2-8-18(17)27-20/h1-3,5-9,12-14H,4,10-11H2. The molecule has 0 fully saturated rings. The molecule has 0 bridgehead atoms. The fourth-order valence-corrected chi connectivity index (χ4v) is 3.86. The SMILES string of the molecule is O=C(c1cccc(F)c1)N(CCCn1ccnc1)c1nc2ccccc2s1. The number of hydrogen-bond acceptors (Lipinski definition) is 4. The van der Waals surface area contributed by atoms with Crippen molar-refractivity contribution in [3.8, 4) is 0 Å². The number of thiazole rings is 1. The molecule has 0 aliphatic heterocycles. The summed E-state index contributed by atoms with van der Waals surface area (Å²) in [6.45, 7) is 1.21. The van der Waals surface area contributed by atoms with Gasteiger partial charge in [0, 0.05) is 31.0 Å². The first-order chi connectivity index (χ1) is 13.2. The summed E-state index contributed by atoms with van der Waals surface area (Å²) >= 11 is 1.46. The molecule has 0 spiro atoms. The summed E-state index contributed by atoms with van der Waals surface area (Å²) in [6, 6.07) is 13.5. The van der Waals surface area contributed by atoms with Crippen LogP contribution in [0.5, 0.6) is 0 Å². The predicted molar refractivity (Wildman–Crippen MR) is 105 cm³/mol. The lowest BCUT2D eigenvalue weighted by molar-refractivity contribution is 0.0986. The van der Waals surface area contributed by atoms with Gasteiger partial charge in [-0.15, -0.1) is 0 Å². The Labute approximate surface area is 159 Å². The molecule has 4 aromatic rings. The average molecular weight is 380 g/mol. The molecule has 0 saturated carbocycles. The fraction of sp³-hybridized carbons (Fsp3) is 0.150. The Morgan fingerprint density at radius 2 is 2.07 bits per heavy atom. The zero-order valence-electron chi connectivity index (χ0n) is 14.5. The van der Waals surface area contributed by atoms with E-state index in [1.807, 2.05) is 35.0 Å². The highest BCUT2D eigenvalue weighted by Gasteiger charge is 2.21. The summed E-state index contributed by atoms with van der Waals surface area (Å²) in [4.78, 5) is 23.3. The van der Waals surface area contributed by atoms with E-state index in [0.29, 0.717) is 17.2 Å². The predicted octanol–water partition coefficient (Wildman–Crippen LogP) is 4.37. The highest BCUT2D eigenvalue weighted by atomic mass is 32.1. The Bertz CT molecular complexity index is 1030. The third kappa shape index (κ3) is 3.88. The number of aryl methyl sites for hydroxylation is 1. The maximum Gasteiger partial charge on any atom is 0.260 e. The van der Waals surface area contributed by atoms with E-state index in [9.17, 15) is 9.18 Å². The molecule has 2 aromatic carbocycles. The monoisotopic (exact) mass is 380 g/mol. The van der Waals surface area contributed by atoms with Crippen LogP contribution in [-0.2, 0) is 6.54 Å². The van der Waals surface area contributed by atoms with Crippen LogP contribution >= 0.6 is 11.3 Å². The summed E-state index contributed by atoms with van der Waals surface area (Å²) in [6.07, 6.45) is 6.09. The molecule has 5 nitrogen and oxygen atoms in total. The summed E-state index contributed by atoms with van der Waals surface area (Å²) in [5.74, 6) is -0.678. The minimum Gasteiger partial charge on any atom is -0.337 e. The summed E-state index contributed by atoms with van der Waals surface area (Å²) in [5, 5.41) is 0.621. The zero-order chi connectivity index (χ0) is 18.6. The molecule has 0 aliphatic rings. The van der Waals surface area contributed by atoms with E-state index < -0.39 is 5.82 Å². The largest absolute Gasteiger partial charge is 0.337 e. The Kier molecular flexibility index (Phi) is 4.93. The number of amides is 1. The van der Waals surface area contributed by atoms with Crippen molar-refractivity contribution in [2.45, 2.75) is 13.0 Å². The van der Waals surface area contributed by atoms with Gasteiger partial charge in [0.2, 0.25) is 0 Å². The van der Waals surface area contributed by atoms with Gasteiger partial charge in [-0.05, 0) is 36.8 Å². The smallest absolute Gasteiger partial charge is 0.260 e. The molecule has 7 heteroatoms. The number of halogens is 1. The topological polar surface area (TPSA) is 51.0 Å². The van der Waals surface area contributed by atoms with Gasteiger partial charge in [-0.2, -0.15) is 0 Å². The number of hydrogen-bond donors (Lipinski definition) is 0. The summed E-state index contributed by atoms with van der Waals surface area (Å²) < 4.78 is 16.6. The first-order valence-electron chi connectivity index (χ1n) is 8.59. The molecule has 0 saturated heterocycles. The fourth-order valence-electron chi connectivity index (χ4n) is 2.87. The van der Waals surface area contributed by atoms with Crippen LogP contribution in [0.25, 0.3) is 10.2 Å². The Balaban J connectivity index is 1.62. The van der Waals surface area contributed by atoms with Crippen LogP contribution in [0.3, 0.4) is 0 Å². The highest BCUT2D eigenvalue weighted by Crippen LogP contribution is 2.29. The van der Waals surface area contributed by atoms with Gasteiger partial charge in [0.15, 0.2) is 5.13 Å². The number of carbonyl (C=O) groups is 1. The molecule has 0 aliphatic carbocycles. The van der Waals surface area contributed by atoms with Gasteiger partial charge in [-0.25, -0.2) is 14.4 Å². The van der Waals surface area contributed by atoms with Crippen LogP contribution in [-0.4, -0.2) is 27.0 Å². The second-order valence-electron chi connectivity index (χ2n) is 6.09. The van der Waals surface area contributed by atoms with Crippen molar-refractivity contribution in [3.05, 3.63) is 78.6 Å². The number of rotatable bonds is 6. The van der Waals surface area contributed by atoms with E-state index in [1.54, 1.807) is 29.6 Å². The maximum absolute atomic E-state index is 13.6. The Morgan fingerprint density at radius 3 is 2.85 bits per heavy atom. The molecule has 0 N–H and O–H groups in total.